The number of halogens is 1. The third-order valence-corrected chi connectivity index (χ3v) is 10.2. The van der Waals surface area contributed by atoms with E-state index in [-0.39, 0.29) is 23.6 Å². The maximum Gasteiger partial charge on any atom is 0.264 e. The number of phenolic OH excluding ortho intramolecular Hbond substituents is 1. The number of fused-ring (bicyclic) bond motifs is 1. The molecule has 1 N–H and O–H groups in total. The molecule has 0 spiro atoms. The summed E-state index contributed by atoms with van der Waals surface area (Å²) in [6.45, 7) is 8.08. The first-order chi connectivity index (χ1) is 24.1. The smallest absolute Gasteiger partial charge is 0.264 e. The standard InChI is InChI=1S/C39H41ClN6O4/c1-25-37(24-42(3)41-25)46(30-10-12-32(47)13-11-30)39(49)34-21-36(43(4)26(34)2)35-20-29(40)9-14-33(35)38(48)45-22-28-8-6-5-7-27(28)19-31(45)23-44-15-17-50-18-16-44/h5-14,20-21,24,31,47H,15-19,22-23H2,1-4H3/t31-/m0/s1. The van der Waals surface area contributed by atoms with Crippen LogP contribution in [0.2, 0.25) is 5.02 Å². The van der Waals surface area contributed by atoms with Crippen molar-refractivity contribution in [3.63, 3.8) is 0 Å². The Morgan fingerprint density at radius 1 is 0.960 bits per heavy atom. The highest BCUT2D eigenvalue weighted by molar-refractivity contribution is 6.31. The van der Waals surface area contributed by atoms with E-state index in [1.807, 2.05) is 55.6 Å². The van der Waals surface area contributed by atoms with Crippen molar-refractivity contribution in [2.24, 2.45) is 14.1 Å². The van der Waals surface area contributed by atoms with Crippen LogP contribution in [0, 0.1) is 13.8 Å². The average Bonchev–Trinajstić information content (AvgIpc) is 3.60. The van der Waals surface area contributed by atoms with Gasteiger partial charge in [0, 0.05) is 85.7 Å². The molecule has 0 radical (unpaired) electrons. The van der Waals surface area contributed by atoms with Crippen molar-refractivity contribution < 1.29 is 19.4 Å². The van der Waals surface area contributed by atoms with Crippen LogP contribution in [0.3, 0.4) is 0 Å². The summed E-state index contributed by atoms with van der Waals surface area (Å²) in [7, 11) is 3.71. The number of aryl methyl sites for hydroxylation is 2. The number of carbonyl (C=O) groups is 2. The fourth-order valence-electron chi connectivity index (χ4n) is 7.21. The van der Waals surface area contributed by atoms with Crippen LogP contribution < -0.4 is 4.90 Å². The minimum Gasteiger partial charge on any atom is -0.508 e. The van der Waals surface area contributed by atoms with Crippen molar-refractivity contribution in [1.82, 2.24) is 24.1 Å². The lowest BCUT2D eigenvalue weighted by Gasteiger charge is -2.40. The van der Waals surface area contributed by atoms with E-state index in [2.05, 4.69) is 28.2 Å². The molecule has 1 saturated heterocycles. The van der Waals surface area contributed by atoms with Gasteiger partial charge in [0.2, 0.25) is 0 Å². The molecule has 258 valence electrons. The number of carbonyl (C=O) groups excluding carboxylic acids is 2. The molecule has 4 heterocycles. The Morgan fingerprint density at radius 2 is 1.68 bits per heavy atom. The second-order valence-electron chi connectivity index (χ2n) is 13.2. The summed E-state index contributed by atoms with van der Waals surface area (Å²) < 4.78 is 9.21. The minimum atomic E-state index is -0.265. The Balaban J connectivity index is 1.28. The summed E-state index contributed by atoms with van der Waals surface area (Å²) >= 11 is 6.63. The molecule has 50 heavy (non-hydrogen) atoms. The van der Waals surface area contributed by atoms with Gasteiger partial charge in [-0.1, -0.05) is 35.9 Å². The fraction of sp³-hybridized carbons (Fsp3) is 0.308. The van der Waals surface area contributed by atoms with Gasteiger partial charge in [-0.25, -0.2) is 0 Å². The van der Waals surface area contributed by atoms with Gasteiger partial charge in [-0.3, -0.25) is 24.1 Å². The van der Waals surface area contributed by atoms with E-state index >= 15 is 0 Å². The molecule has 0 aliphatic carbocycles. The predicted octanol–water partition coefficient (Wildman–Crippen LogP) is 6.28. The summed E-state index contributed by atoms with van der Waals surface area (Å²) in [5.41, 5.74) is 7.40. The summed E-state index contributed by atoms with van der Waals surface area (Å²) in [6, 6.07) is 22.1. The van der Waals surface area contributed by atoms with Gasteiger partial charge < -0.3 is 19.3 Å². The fourth-order valence-corrected chi connectivity index (χ4v) is 7.38. The van der Waals surface area contributed by atoms with Crippen LogP contribution in [0.1, 0.15) is 43.2 Å². The molecule has 11 heteroatoms. The third kappa shape index (κ3) is 6.42. The highest BCUT2D eigenvalue weighted by atomic mass is 35.5. The lowest BCUT2D eigenvalue weighted by molar-refractivity contribution is 0.0193. The van der Waals surface area contributed by atoms with Crippen molar-refractivity contribution in [3.8, 4) is 17.0 Å². The largest absolute Gasteiger partial charge is 0.508 e. The molecule has 2 aliphatic rings. The lowest BCUT2D eigenvalue weighted by Crippen LogP contribution is -2.52. The van der Waals surface area contributed by atoms with Crippen molar-refractivity contribution in [2.45, 2.75) is 32.9 Å². The molecule has 1 atom stereocenters. The van der Waals surface area contributed by atoms with Crippen molar-refractivity contribution in [3.05, 3.63) is 118 Å². The number of nitrogens with zero attached hydrogens (tertiary/aromatic N) is 6. The molecular weight excluding hydrogens is 652 g/mol. The predicted molar refractivity (Wildman–Crippen MR) is 194 cm³/mol. The number of ether oxygens (including phenoxy) is 1. The summed E-state index contributed by atoms with van der Waals surface area (Å²) in [6.07, 6.45) is 2.57. The highest BCUT2D eigenvalue weighted by Crippen LogP contribution is 2.36. The molecule has 2 amide bonds. The minimum absolute atomic E-state index is 0.0205. The van der Waals surface area contributed by atoms with E-state index in [1.54, 1.807) is 52.2 Å². The molecule has 2 aromatic heterocycles. The number of amides is 2. The normalized spacial score (nSPS) is 16.3. The Kier molecular flexibility index (Phi) is 9.26. The zero-order valence-electron chi connectivity index (χ0n) is 28.8. The summed E-state index contributed by atoms with van der Waals surface area (Å²) in [5.74, 6) is -0.239. The first-order valence-electron chi connectivity index (χ1n) is 16.9. The second kappa shape index (κ2) is 13.8. The van der Waals surface area contributed by atoms with Gasteiger partial charge in [0.15, 0.2) is 0 Å². The monoisotopic (exact) mass is 692 g/mol. The van der Waals surface area contributed by atoms with Gasteiger partial charge in [-0.2, -0.15) is 5.10 Å². The van der Waals surface area contributed by atoms with Crippen molar-refractivity contribution >= 4 is 34.8 Å². The van der Waals surface area contributed by atoms with Crippen LogP contribution in [0.5, 0.6) is 5.75 Å². The number of aromatic hydroxyl groups is 1. The topological polar surface area (TPSA) is 96.1 Å². The van der Waals surface area contributed by atoms with E-state index < -0.39 is 0 Å². The number of aromatic nitrogens is 3. The number of hydrogen-bond acceptors (Lipinski definition) is 6. The summed E-state index contributed by atoms with van der Waals surface area (Å²) in [4.78, 5) is 35.4. The second-order valence-corrected chi connectivity index (χ2v) is 13.6. The molecule has 7 rings (SSSR count). The molecular formula is C39H41ClN6O4. The van der Waals surface area contributed by atoms with Crippen LogP contribution in [0.15, 0.2) is 79.0 Å². The number of anilines is 2. The SMILES string of the molecule is Cc1nn(C)cc1N(C(=O)c1cc(-c2cc(Cl)ccc2C(=O)N2Cc3ccccc3C[C@H]2CN2CCOCC2)n(C)c1C)c1ccc(O)cc1. The van der Waals surface area contributed by atoms with Crippen LogP contribution in [0.25, 0.3) is 11.3 Å². The molecule has 2 aliphatic heterocycles. The van der Waals surface area contributed by atoms with E-state index in [9.17, 15) is 14.7 Å². The van der Waals surface area contributed by atoms with Gasteiger partial charge in [-0.15, -0.1) is 0 Å². The van der Waals surface area contributed by atoms with Crippen LogP contribution in [-0.4, -0.2) is 80.0 Å². The lowest BCUT2D eigenvalue weighted by atomic mass is 9.92. The first kappa shape index (κ1) is 33.6. The van der Waals surface area contributed by atoms with E-state index in [4.69, 9.17) is 16.3 Å². The Hall–Kier alpha value is -4.90. The zero-order chi connectivity index (χ0) is 35.1. The van der Waals surface area contributed by atoms with E-state index in [0.29, 0.717) is 64.2 Å². The van der Waals surface area contributed by atoms with Gasteiger partial charge >= 0.3 is 0 Å². The van der Waals surface area contributed by atoms with Crippen LogP contribution in [-0.2, 0) is 31.8 Å². The van der Waals surface area contributed by atoms with E-state index in [1.165, 1.54) is 5.56 Å². The first-order valence-corrected chi connectivity index (χ1v) is 17.2. The average molecular weight is 693 g/mol. The molecule has 10 nitrogen and oxygen atoms in total. The van der Waals surface area contributed by atoms with Gasteiger partial charge in [0.1, 0.15) is 5.75 Å². The molecule has 3 aromatic carbocycles. The molecule has 5 aromatic rings. The third-order valence-electron chi connectivity index (χ3n) is 9.98. The van der Waals surface area contributed by atoms with Gasteiger partial charge in [0.25, 0.3) is 11.8 Å². The zero-order valence-corrected chi connectivity index (χ0v) is 29.5. The number of morpholine rings is 1. The molecule has 1 fully saturated rings. The molecule has 0 saturated carbocycles. The van der Waals surface area contributed by atoms with E-state index in [0.717, 1.165) is 37.3 Å². The number of hydrogen-bond donors (Lipinski definition) is 1. The van der Waals surface area contributed by atoms with Crippen LogP contribution >= 0.6 is 11.6 Å². The Bertz CT molecular complexity index is 2060. The Morgan fingerprint density at radius 3 is 2.38 bits per heavy atom. The van der Waals surface area contributed by atoms with Gasteiger partial charge in [0.05, 0.1) is 30.2 Å². The Labute approximate surface area is 297 Å². The number of phenols is 1. The maximum atomic E-state index is 14.8. The number of rotatable bonds is 7. The summed E-state index contributed by atoms with van der Waals surface area (Å²) in [5, 5.41) is 15.0. The number of benzene rings is 3. The van der Waals surface area contributed by atoms with Gasteiger partial charge in [-0.05, 0) is 79.9 Å². The highest BCUT2D eigenvalue weighted by Gasteiger charge is 2.34. The molecule has 0 unspecified atom stereocenters. The maximum absolute atomic E-state index is 14.8. The van der Waals surface area contributed by atoms with Crippen molar-refractivity contribution in [1.29, 1.82) is 0 Å². The quantitative estimate of drug-likeness (QED) is 0.216. The van der Waals surface area contributed by atoms with Crippen molar-refractivity contribution in [2.75, 3.05) is 37.7 Å². The molecule has 0 bridgehead atoms. The van der Waals surface area contributed by atoms with Crippen LogP contribution in [0.4, 0.5) is 11.4 Å².